The van der Waals surface area contributed by atoms with Crippen molar-refractivity contribution < 1.29 is 10.2 Å². The molecular formula is C14H18N4O2. The molecule has 0 unspecified atom stereocenters. The first-order valence-electron chi connectivity index (χ1n) is 6.59. The fourth-order valence-corrected chi connectivity index (χ4v) is 2.53. The second-order valence-electron chi connectivity index (χ2n) is 4.84. The number of nitrogens with two attached hydrogens (primary N) is 1. The monoisotopic (exact) mass is 274 g/mol. The highest BCUT2D eigenvalue weighted by Gasteiger charge is 2.10. The van der Waals surface area contributed by atoms with E-state index in [4.69, 9.17) is 15.9 Å². The molecule has 3 rings (SSSR count). The van der Waals surface area contributed by atoms with Gasteiger partial charge < -0.3 is 30.8 Å². The van der Waals surface area contributed by atoms with Crippen LogP contribution in [0, 0.1) is 0 Å². The molecular weight excluding hydrogens is 256 g/mol. The highest BCUT2D eigenvalue weighted by Crippen LogP contribution is 2.27. The number of fused-ring (bicyclic) bond motifs is 2. The largest absolute Gasteiger partial charge is 0.395 e. The van der Waals surface area contributed by atoms with Crippen LogP contribution < -0.4 is 10.6 Å². The van der Waals surface area contributed by atoms with Gasteiger partial charge in [-0.1, -0.05) is 0 Å². The van der Waals surface area contributed by atoms with Crippen LogP contribution in [0.2, 0.25) is 0 Å². The number of hydrogen-bond acceptors (Lipinski definition) is 4. The molecule has 0 atom stereocenters. The second kappa shape index (κ2) is 5.07. The molecule has 2 aromatic heterocycles. The van der Waals surface area contributed by atoms with Gasteiger partial charge >= 0.3 is 0 Å². The van der Waals surface area contributed by atoms with Crippen LogP contribution in [-0.4, -0.2) is 46.5 Å². The van der Waals surface area contributed by atoms with Gasteiger partial charge in [-0.3, -0.25) is 0 Å². The van der Waals surface area contributed by atoms with Crippen LogP contribution in [0.4, 0.5) is 11.6 Å². The number of H-pyrrole nitrogens is 2. The standard InChI is InChI=1S/C14H18N4O2/c15-13-7-9-5-12-10(6-11(9)16-13)8-14(17-12)18(1-3-19)2-4-20/h5-8,16-17,19-20H,1-4,15H2. The van der Waals surface area contributed by atoms with Crippen LogP contribution in [0.3, 0.4) is 0 Å². The van der Waals surface area contributed by atoms with Gasteiger partial charge in [0.15, 0.2) is 0 Å². The van der Waals surface area contributed by atoms with E-state index in [1.165, 1.54) is 0 Å². The minimum absolute atomic E-state index is 0.0483. The molecule has 0 amide bonds. The van der Waals surface area contributed by atoms with E-state index in [0.717, 1.165) is 27.6 Å². The summed E-state index contributed by atoms with van der Waals surface area (Å²) in [6.45, 7) is 1.07. The number of nitrogens with one attached hydrogen (secondary N) is 2. The first-order chi connectivity index (χ1) is 9.71. The Morgan fingerprint density at radius 1 is 0.900 bits per heavy atom. The van der Waals surface area contributed by atoms with Gasteiger partial charge in [0.05, 0.1) is 13.2 Å². The Bertz CT molecular complexity index is 674. The summed E-state index contributed by atoms with van der Waals surface area (Å²) in [4.78, 5) is 8.34. The second-order valence-corrected chi connectivity index (χ2v) is 4.84. The topological polar surface area (TPSA) is 101 Å². The maximum absolute atomic E-state index is 9.10. The van der Waals surface area contributed by atoms with Crippen LogP contribution in [-0.2, 0) is 0 Å². The number of rotatable bonds is 5. The van der Waals surface area contributed by atoms with Crippen molar-refractivity contribution in [3.8, 4) is 0 Å². The third-order valence-corrected chi connectivity index (χ3v) is 3.45. The molecule has 0 spiro atoms. The van der Waals surface area contributed by atoms with Gasteiger partial charge in [-0.05, 0) is 24.3 Å². The third kappa shape index (κ3) is 2.19. The molecule has 3 aromatic rings. The summed E-state index contributed by atoms with van der Waals surface area (Å²) in [5, 5.41) is 20.3. The molecule has 0 bridgehead atoms. The maximum Gasteiger partial charge on any atom is 0.107 e. The van der Waals surface area contributed by atoms with Crippen molar-refractivity contribution in [3.05, 3.63) is 24.3 Å². The average Bonchev–Trinajstić information content (AvgIpc) is 2.96. The van der Waals surface area contributed by atoms with E-state index in [9.17, 15) is 0 Å². The fourth-order valence-electron chi connectivity index (χ4n) is 2.53. The maximum atomic E-state index is 9.10. The zero-order chi connectivity index (χ0) is 14.1. The molecule has 0 aliphatic carbocycles. The van der Waals surface area contributed by atoms with E-state index in [0.29, 0.717) is 18.9 Å². The van der Waals surface area contributed by atoms with Crippen molar-refractivity contribution in [2.75, 3.05) is 36.9 Å². The fraction of sp³-hybridized carbons (Fsp3) is 0.286. The van der Waals surface area contributed by atoms with Gasteiger partial charge in [0.2, 0.25) is 0 Å². The molecule has 20 heavy (non-hydrogen) atoms. The Hall–Kier alpha value is -2.18. The van der Waals surface area contributed by atoms with Gasteiger partial charge in [0.1, 0.15) is 11.6 Å². The van der Waals surface area contributed by atoms with E-state index < -0.39 is 0 Å². The molecule has 2 heterocycles. The predicted octanol–water partition coefficient (Wildman–Crippen LogP) is 1.02. The Balaban J connectivity index is 2.04. The molecule has 6 heteroatoms. The van der Waals surface area contributed by atoms with Crippen LogP contribution in [0.5, 0.6) is 0 Å². The molecule has 6 nitrogen and oxygen atoms in total. The number of anilines is 2. The van der Waals surface area contributed by atoms with Gasteiger partial charge in [-0.25, -0.2) is 0 Å². The lowest BCUT2D eigenvalue weighted by molar-refractivity contribution is 0.281. The third-order valence-electron chi connectivity index (χ3n) is 3.45. The zero-order valence-electron chi connectivity index (χ0n) is 11.1. The lowest BCUT2D eigenvalue weighted by Crippen LogP contribution is -2.29. The smallest absolute Gasteiger partial charge is 0.107 e. The van der Waals surface area contributed by atoms with E-state index in [1.54, 1.807) is 0 Å². The Morgan fingerprint density at radius 3 is 2.15 bits per heavy atom. The first-order valence-corrected chi connectivity index (χ1v) is 6.59. The number of hydrogen-bond donors (Lipinski definition) is 5. The van der Waals surface area contributed by atoms with Crippen LogP contribution in [0.25, 0.3) is 21.8 Å². The minimum Gasteiger partial charge on any atom is -0.395 e. The molecule has 0 radical (unpaired) electrons. The minimum atomic E-state index is 0.0483. The molecule has 0 saturated carbocycles. The summed E-state index contributed by atoms with van der Waals surface area (Å²) in [5.74, 6) is 1.54. The van der Waals surface area contributed by atoms with Crippen molar-refractivity contribution in [2.24, 2.45) is 0 Å². The summed E-state index contributed by atoms with van der Waals surface area (Å²) in [5.41, 5.74) is 7.75. The summed E-state index contributed by atoms with van der Waals surface area (Å²) >= 11 is 0. The van der Waals surface area contributed by atoms with Crippen molar-refractivity contribution in [1.82, 2.24) is 9.97 Å². The van der Waals surface area contributed by atoms with E-state index in [-0.39, 0.29) is 13.2 Å². The van der Waals surface area contributed by atoms with Crippen LogP contribution in [0.15, 0.2) is 24.3 Å². The molecule has 0 fully saturated rings. The number of nitrogens with zero attached hydrogens (tertiary/aromatic N) is 1. The molecule has 106 valence electrons. The summed E-state index contributed by atoms with van der Waals surface area (Å²) < 4.78 is 0. The van der Waals surface area contributed by atoms with Crippen LogP contribution >= 0.6 is 0 Å². The van der Waals surface area contributed by atoms with Crippen molar-refractivity contribution >= 4 is 33.4 Å². The number of nitrogen functional groups attached to an aromatic ring is 1. The van der Waals surface area contributed by atoms with E-state index in [2.05, 4.69) is 9.97 Å². The number of aliphatic hydroxyl groups is 2. The van der Waals surface area contributed by atoms with Crippen molar-refractivity contribution in [1.29, 1.82) is 0 Å². The molecule has 0 aliphatic rings. The van der Waals surface area contributed by atoms with Crippen LogP contribution in [0.1, 0.15) is 0 Å². The average molecular weight is 274 g/mol. The Kier molecular flexibility index (Phi) is 3.25. The Labute approximate surface area is 115 Å². The molecule has 6 N–H and O–H groups in total. The molecule has 0 saturated heterocycles. The molecule has 0 aliphatic heterocycles. The van der Waals surface area contributed by atoms with Gasteiger partial charge in [0.25, 0.3) is 0 Å². The summed E-state index contributed by atoms with van der Waals surface area (Å²) in [6, 6.07) is 7.99. The van der Waals surface area contributed by atoms with Gasteiger partial charge in [-0.2, -0.15) is 0 Å². The van der Waals surface area contributed by atoms with Gasteiger partial charge in [-0.15, -0.1) is 0 Å². The number of benzene rings is 1. The normalized spacial score (nSPS) is 11.5. The Morgan fingerprint density at radius 2 is 1.50 bits per heavy atom. The number of aliphatic hydroxyl groups excluding tert-OH is 2. The van der Waals surface area contributed by atoms with Gasteiger partial charge in [0, 0.05) is 34.9 Å². The number of aromatic amines is 2. The predicted molar refractivity (Wildman–Crippen MR) is 81.0 cm³/mol. The highest BCUT2D eigenvalue weighted by atomic mass is 16.3. The lowest BCUT2D eigenvalue weighted by atomic mass is 10.2. The number of aromatic nitrogens is 2. The summed E-state index contributed by atoms with van der Waals surface area (Å²) in [6.07, 6.45) is 0. The molecule has 1 aromatic carbocycles. The quantitative estimate of drug-likeness (QED) is 0.479. The first kappa shape index (κ1) is 12.8. The zero-order valence-corrected chi connectivity index (χ0v) is 11.1. The van der Waals surface area contributed by atoms with Crippen molar-refractivity contribution in [2.45, 2.75) is 0 Å². The highest BCUT2D eigenvalue weighted by molar-refractivity contribution is 5.98. The summed E-state index contributed by atoms with van der Waals surface area (Å²) in [7, 11) is 0. The van der Waals surface area contributed by atoms with E-state index >= 15 is 0 Å². The lowest BCUT2D eigenvalue weighted by Gasteiger charge is -2.20. The van der Waals surface area contributed by atoms with E-state index in [1.807, 2.05) is 29.2 Å². The SMILES string of the molecule is Nc1cc2cc3[nH]c(N(CCO)CCO)cc3cc2[nH]1. The van der Waals surface area contributed by atoms with Crippen molar-refractivity contribution in [3.63, 3.8) is 0 Å².